The molecule has 1 N–H and O–H groups in total. The Balaban J connectivity index is 1.58. The average molecular weight is 426 g/mol. The third-order valence-electron chi connectivity index (χ3n) is 5.74. The van der Waals surface area contributed by atoms with E-state index in [2.05, 4.69) is 5.32 Å². The van der Waals surface area contributed by atoms with E-state index in [0.717, 1.165) is 31.2 Å². The van der Waals surface area contributed by atoms with Crippen LogP contribution in [0.5, 0.6) is 0 Å². The molecular weight excluding hydrogens is 402 g/mol. The summed E-state index contributed by atoms with van der Waals surface area (Å²) in [5.74, 6) is -0.652. The van der Waals surface area contributed by atoms with Crippen LogP contribution in [-0.2, 0) is 9.59 Å². The van der Waals surface area contributed by atoms with Crippen LogP contribution in [0, 0.1) is 6.92 Å². The van der Waals surface area contributed by atoms with Crippen molar-refractivity contribution in [3.8, 4) is 0 Å². The second kappa shape index (κ2) is 8.48. The second-order valence-electron chi connectivity index (χ2n) is 7.92. The molecule has 2 aromatic carbocycles. The van der Waals surface area contributed by atoms with Crippen LogP contribution in [0.4, 0.5) is 16.2 Å². The molecule has 7 heteroatoms. The summed E-state index contributed by atoms with van der Waals surface area (Å²) in [4.78, 5) is 42.2. The van der Waals surface area contributed by atoms with E-state index >= 15 is 0 Å². The Bertz CT molecular complexity index is 970. The molecule has 0 radical (unpaired) electrons. The first-order valence-electron chi connectivity index (χ1n) is 10.2. The lowest BCUT2D eigenvalue weighted by atomic mass is 10.1. The molecule has 4 rings (SSSR count). The van der Waals surface area contributed by atoms with Crippen molar-refractivity contribution in [2.24, 2.45) is 0 Å². The summed E-state index contributed by atoms with van der Waals surface area (Å²) in [6, 6.07) is 13.0. The summed E-state index contributed by atoms with van der Waals surface area (Å²) in [5.41, 5.74) is 2.11. The highest BCUT2D eigenvalue weighted by Gasteiger charge is 2.49. The molecule has 2 fully saturated rings. The van der Waals surface area contributed by atoms with Crippen molar-refractivity contribution < 1.29 is 14.4 Å². The topological polar surface area (TPSA) is 69.7 Å². The number of amides is 4. The van der Waals surface area contributed by atoms with Crippen LogP contribution in [-0.4, -0.2) is 34.8 Å². The smallest absolute Gasteiger partial charge is 0.326 e. The first-order chi connectivity index (χ1) is 14.4. The normalized spacial score (nSPS) is 19.6. The van der Waals surface area contributed by atoms with Crippen LogP contribution in [0.25, 0.3) is 0 Å². The first-order valence-corrected chi connectivity index (χ1v) is 10.6. The van der Waals surface area contributed by atoms with E-state index < -0.39 is 6.04 Å². The maximum atomic E-state index is 13.3. The molecular formula is C23H24ClN3O3. The maximum Gasteiger partial charge on any atom is 0.332 e. The van der Waals surface area contributed by atoms with Gasteiger partial charge in [-0.25, -0.2) is 9.69 Å². The van der Waals surface area contributed by atoms with Crippen molar-refractivity contribution in [3.63, 3.8) is 0 Å². The van der Waals surface area contributed by atoms with Crippen LogP contribution < -0.4 is 10.2 Å². The Hall–Kier alpha value is -2.86. The largest absolute Gasteiger partial charge is 0.332 e. The third-order valence-corrected chi connectivity index (χ3v) is 5.99. The zero-order valence-electron chi connectivity index (χ0n) is 16.8. The van der Waals surface area contributed by atoms with Crippen molar-refractivity contribution in [1.82, 2.24) is 4.90 Å². The molecule has 156 valence electrons. The van der Waals surface area contributed by atoms with E-state index in [1.807, 2.05) is 25.1 Å². The fourth-order valence-electron chi connectivity index (χ4n) is 4.32. The van der Waals surface area contributed by atoms with Gasteiger partial charge in [0.15, 0.2) is 0 Å². The minimum absolute atomic E-state index is 0.00964. The maximum absolute atomic E-state index is 13.3. The number of halogens is 1. The number of benzene rings is 2. The highest BCUT2D eigenvalue weighted by atomic mass is 35.5. The Kier molecular flexibility index (Phi) is 5.77. The zero-order valence-corrected chi connectivity index (χ0v) is 17.6. The Labute approximate surface area is 180 Å². The lowest BCUT2D eigenvalue weighted by Gasteiger charge is -2.27. The van der Waals surface area contributed by atoms with Gasteiger partial charge in [-0.2, -0.15) is 0 Å². The highest BCUT2D eigenvalue weighted by molar-refractivity contribution is 6.30. The molecule has 0 spiro atoms. The molecule has 1 aliphatic carbocycles. The van der Waals surface area contributed by atoms with Crippen molar-refractivity contribution in [2.45, 2.75) is 51.1 Å². The predicted octanol–water partition coefficient (Wildman–Crippen LogP) is 4.76. The van der Waals surface area contributed by atoms with Gasteiger partial charge in [0.2, 0.25) is 5.91 Å². The van der Waals surface area contributed by atoms with Gasteiger partial charge in [0.05, 0.1) is 12.1 Å². The number of imide groups is 1. The van der Waals surface area contributed by atoms with Gasteiger partial charge < -0.3 is 10.2 Å². The van der Waals surface area contributed by atoms with Crippen LogP contribution in [0.2, 0.25) is 5.02 Å². The van der Waals surface area contributed by atoms with Crippen LogP contribution >= 0.6 is 11.6 Å². The summed E-state index contributed by atoms with van der Waals surface area (Å²) in [5, 5.41) is 3.37. The lowest BCUT2D eigenvalue weighted by Crippen LogP contribution is -2.43. The number of anilines is 2. The zero-order chi connectivity index (χ0) is 21.3. The molecule has 4 amide bonds. The number of carbonyl (C=O) groups is 3. The summed E-state index contributed by atoms with van der Waals surface area (Å²) in [7, 11) is 0. The van der Waals surface area contributed by atoms with Crippen molar-refractivity contribution in [1.29, 1.82) is 0 Å². The average Bonchev–Trinajstić information content (AvgIpc) is 3.31. The van der Waals surface area contributed by atoms with E-state index in [4.69, 9.17) is 11.6 Å². The molecule has 1 saturated heterocycles. The second-order valence-corrected chi connectivity index (χ2v) is 8.35. The van der Waals surface area contributed by atoms with Crippen LogP contribution in [0.15, 0.2) is 48.5 Å². The monoisotopic (exact) mass is 425 g/mol. The molecule has 0 aromatic heterocycles. The van der Waals surface area contributed by atoms with Gasteiger partial charge in [0.1, 0.15) is 6.04 Å². The first kappa shape index (κ1) is 20.4. The number of hydrogen-bond acceptors (Lipinski definition) is 3. The summed E-state index contributed by atoms with van der Waals surface area (Å²) in [6.07, 6.45) is 3.69. The molecule has 30 heavy (non-hydrogen) atoms. The van der Waals surface area contributed by atoms with Gasteiger partial charge >= 0.3 is 6.03 Å². The van der Waals surface area contributed by atoms with Crippen molar-refractivity contribution in [2.75, 3.05) is 10.2 Å². The lowest BCUT2D eigenvalue weighted by molar-refractivity contribution is -0.124. The van der Waals surface area contributed by atoms with Crippen molar-refractivity contribution in [3.05, 3.63) is 59.1 Å². The summed E-state index contributed by atoms with van der Waals surface area (Å²) < 4.78 is 0. The number of urea groups is 1. The molecule has 0 bridgehead atoms. The van der Waals surface area contributed by atoms with E-state index in [-0.39, 0.29) is 30.3 Å². The number of rotatable bonds is 5. The highest BCUT2D eigenvalue weighted by Crippen LogP contribution is 2.34. The molecule has 6 nitrogen and oxygen atoms in total. The van der Waals surface area contributed by atoms with Gasteiger partial charge in [-0.1, -0.05) is 36.6 Å². The van der Waals surface area contributed by atoms with Gasteiger partial charge in [-0.3, -0.25) is 9.59 Å². The molecule has 0 unspecified atom stereocenters. The fourth-order valence-corrected chi connectivity index (χ4v) is 4.44. The molecule has 1 aliphatic heterocycles. The van der Waals surface area contributed by atoms with E-state index in [1.165, 1.54) is 4.90 Å². The predicted molar refractivity (Wildman–Crippen MR) is 117 cm³/mol. The van der Waals surface area contributed by atoms with Gasteiger partial charge in [0.25, 0.3) is 5.91 Å². The number of carbonyl (C=O) groups excluding carboxylic acids is 3. The Morgan fingerprint density at radius 3 is 2.47 bits per heavy atom. The minimum Gasteiger partial charge on any atom is -0.326 e. The Morgan fingerprint density at radius 1 is 1.10 bits per heavy atom. The van der Waals surface area contributed by atoms with Crippen LogP contribution in [0.3, 0.4) is 0 Å². The van der Waals surface area contributed by atoms with Crippen LogP contribution in [0.1, 0.15) is 37.7 Å². The number of nitrogens with one attached hydrogen (secondary N) is 1. The molecule has 1 heterocycles. The molecule has 2 aliphatic rings. The SMILES string of the molecule is Cc1cccc(N2C(=O)[C@H](CC(=O)Nc3ccc(Cl)cc3)N(C3CCCC3)C2=O)c1. The van der Waals surface area contributed by atoms with Gasteiger partial charge in [-0.05, 0) is 61.7 Å². The molecule has 2 aromatic rings. The Morgan fingerprint density at radius 2 is 1.80 bits per heavy atom. The standard InChI is InChI=1S/C23H24ClN3O3/c1-15-5-4-8-19(13-15)27-22(29)20(26(23(27)30)18-6-2-3-7-18)14-21(28)25-17-11-9-16(24)10-12-17/h4-5,8-13,18,20H,2-3,6-7,14H2,1H3,(H,25,28)/t20-/m0/s1. The quantitative estimate of drug-likeness (QED) is 0.702. The fraction of sp³-hybridized carbons (Fsp3) is 0.348. The van der Waals surface area contributed by atoms with Gasteiger partial charge in [0, 0.05) is 16.8 Å². The summed E-state index contributed by atoms with van der Waals surface area (Å²) in [6.45, 7) is 1.92. The third kappa shape index (κ3) is 4.05. The van der Waals surface area contributed by atoms with E-state index in [0.29, 0.717) is 16.4 Å². The molecule has 1 saturated carbocycles. The van der Waals surface area contributed by atoms with Gasteiger partial charge in [-0.15, -0.1) is 0 Å². The minimum atomic E-state index is -0.798. The van der Waals surface area contributed by atoms with Crippen molar-refractivity contribution >= 4 is 40.8 Å². The van der Waals surface area contributed by atoms with E-state index in [1.54, 1.807) is 35.2 Å². The number of hydrogen-bond donors (Lipinski definition) is 1. The summed E-state index contributed by atoms with van der Waals surface area (Å²) >= 11 is 5.89. The van der Waals surface area contributed by atoms with E-state index in [9.17, 15) is 14.4 Å². The molecule has 1 atom stereocenters. The number of aryl methyl sites for hydroxylation is 1. The number of nitrogens with zero attached hydrogens (tertiary/aromatic N) is 2.